The predicted octanol–water partition coefficient (Wildman–Crippen LogP) is 2.50. The average Bonchev–Trinajstić information content (AvgIpc) is 2.66. The molecule has 15 heavy (non-hydrogen) atoms. The molecule has 3 rings (SSSR count). The van der Waals surface area contributed by atoms with Crippen LogP contribution in [0.4, 0.5) is 0 Å². The summed E-state index contributed by atoms with van der Waals surface area (Å²) in [6.07, 6.45) is 3.98. The fourth-order valence-corrected chi connectivity index (χ4v) is 3.56. The number of hydrogen-bond donors (Lipinski definition) is 0. The van der Waals surface area contributed by atoms with Crippen LogP contribution >= 0.6 is 0 Å². The largest absolute Gasteiger partial charge is 0.303 e. The van der Waals surface area contributed by atoms with Crippen LogP contribution in [0.15, 0.2) is 24.3 Å². The number of likely N-dealkylation sites (tertiary alicyclic amines) is 1. The highest BCUT2D eigenvalue weighted by Crippen LogP contribution is 2.45. The standard InChI is InChI=1S/C14H19N/c1-11-7-14(10-15(11)2)8-12-5-3-4-6-13(12)9-14/h3-6,11H,7-10H2,1-2H3/t11-/m1/s1. The predicted molar refractivity (Wildman–Crippen MR) is 63.0 cm³/mol. The molecule has 1 heteroatoms. The molecule has 1 aliphatic heterocycles. The Morgan fingerprint density at radius 3 is 2.27 bits per heavy atom. The lowest BCUT2D eigenvalue weighted by molar-refractivity contribution is 0.285. The van der Waals surface area contributed by atoms with Crippen molar-refractivity contribution in [2.75, 3.05) is 13.6 Å². The van der Waals surface area contributed by atoms with Crippen molar-refractivity contribution in [3.8, 4) is 0 Å². The van der Waals surface area contributed by atoms with Crippen LogP contribution < -0.4 is 0 Å². The van der Waals surface area contributed by atoms with Gasteiger partial charge in [0, 0.05) is 12.6 Å². The zero-order valence-electron chi connectivity index (χ0n) is 9.66. The van der Waals surface area contributed by atoms with Gasteiger partial charge in [0.2, 0.25) is 0 Å². The van der Waals surface area contributed by atoms with Gasteiger partial charge in [-0.1, -0.05) is 24.3 Å². The molecule has 80 valence electrons. The van der Waals surface area contributed by atoms with E-state index < -0.39 is 0 Å². The summed E-state index contributed by atoms with van der Waals surface area (Å²) < 4.78 is 0. The molecule has 1 aromatic carbocycles. The summed E-state index contributed by atoms with van der Waals surface area (Å²) in [7, 11) is 2.27. The highest BCUT2D eigenvalue weighted by Gasteiger charge is 2.44. The summed E-state index contributed by atoms with van der Waals surface area (Å²) in [6.45, 7) is 3.64. The van der Waals surface area contributed by atoms with Crippen molar-refractivity contribution in [2.45, 2.75) is 32.2 Å². The molecule has 1 aliphatic carbocycles. The van der Waals surface area contributed by atoms with E-state index in [2.05, 4.69) is 43.1 Å². The van der Waals surface area contributed by atoms with E-state index in [1.54, 1.807) is 11.1 Å². The number of nitrogens with zero attached hydrogens (tertiary/aromatic N) is 1. The summed E-state index contributed by atoms with van der Waals surface area (Å²) in [5.74, 6) is 0. The fraction of sp³-hybridized carbons (Fsp3) is 0.571. The van der Waals surface area contributed by atoms with E-state index in [4.69, 9.17) is 0 Å². The SMILES string of the molecule is C[C@@H]1CC2(Cc3ccccc3C2)CN1C. The Balaban J connectivity index is 1.90. The third-order valence-corrected chi connectivity index (χ3v) is 4.31. The topological polar surface area (TPSA) is 3.24 Å². The Morgan fingerprint density at radius 2 is 1.80 bits per heavy atom. The quantitative estimate of drug-likeness (QED) is 0.623. The Bertz CT molecular complexity index is 346. The lowest BCUT2D eigenvalue weighted by Crippen LogP contribution is -2.26. The highest BCUT2D eigenvalue weighted by atomic mass is 15.2. The van der Waals surface area contributed by atoms with Crippen LogP contribution in [0, 0.1) is 5.41 Å². The first kappa shape index (κ1) is 9.41. The van der Waals surface area contributed by atoms with Crippen molar-refractivity contribution in [3.05, 3.63) is 35.4 Å². The first-order chi connectivity index (χ1) is 7.19. The molecular weight excluding hydrogens is 182 g/mol. The van der Waals surface area contributed by atoms with Crippen molar-refractivity contribution in [3.63, 3.8) is 0 Å². The van der Waals surface area contributed by atoms with E-state index >= 15 is 0 Å². The molecule has 0 unspecified atom stereocenters. The van der Waals surface area contributed by atoms with Gasteiger partial charge in [0.25, 0.3) is 0 Å². The molecule has 1 fully saturated rings. The smallest absolute Gasteiger partial charge is 0.00701 e. The van der Waals surface area contributed by atoms with Crippen molar-refractivity contribution in [1.29, 1.82) is 0 Å². The van der Waals surface area contributed by atoms with Crippen LogP contribution in [-0.4, -0.2) is 24.5 Å². The minimum atomic E-state index is 0.567. The minimum absolute atomic E-state index is 0.567. The average molecular weight is 201 g/mol. The first-order valence-electron chi connectivity index (χ1n) is 5.96. The zero-order chi connectivity index (χ0) is 10.5. The number of rotatable bonds is 0. The lowest BCUT2D eigenvalue weighted by Gasteiger charge is -2.22. The number of hydrogen-bond acceptors (Lipinski definition) is 1. The van der Waals surface area contributed by atoms with E-state index in [1.807, 2.05) is 0 Å². The normalized spacial score (nSPS) is 28.5. The second-order valence-electron chi connectivity index (χ2n) is 5.59. The van der Waals surface area contributed by atoms with Gasteiger partial charge in [-0.15, -0.1) is 0 Å². The van der Waals surface area contributed by atoms with Crippen LogP contribution in [0.2, 0.25) is 0 Å². The van der Waals surface area contributed by atoms with Gasteiger partial charge in [0.1, 0.15) is 0 Å². The van der Waals surface area contributed by atoms with Crippen LogP contribution in [0.1, 0.15) is 24.5 Å². The van der Waals surface area contributed by atoms with Crippen molar-refractivity contribution < 1.29 is 0 Å². The summed E-state index contributed by atoms with van der Waals surface area (Å²) in [4.78, 5) is 2.52. The molecule has 1 nitrogen and oxygen atoms in total. The van der Waals surface area contributed by atoms with Gasteiger partial charge >= 0.3 is 0 Å². The first-order valence-corrected chi connectivity index (χ1v) is 5.96. The Hall–Kier alpha value is -0.820. The molecule has 0 aromatic heterocycles. The zero-order valence-corrected chi connectivity index (χ0v) is 9.66. The molecule has 0 amide bonds. The molecule has 1 aromatic rings. The van der Waals surface area contributed by atoms with Crippen LogP contribution in [0.25, 0.3) is 0 Å². The van der Waals surface area contributed by atoms with Crippen LogP contribution in [-0.2, 0) is 12.8 Å². The van der Waals surface area contributed by atoms with Crippen LogP contribution in [0.3, 0.4) is 0 Å². The monoisotopic (exact) mass is 201 g/mol. The molecule has 2 aliphatic rings. The van der Waals surface area contributed by atoms with Gasteiger partial charge in [0.15, 0.2) is 0 Å². The molecular formula is C14H19N. The van der Waals surface area contributed by atoms with Gasteiger partial charge < -0.3 is 4.90 Å². The van der Waals surface area contributed by atoms with Crippen LogP contribution in [0.5, 0.6) is 0 Å². The van der Waals surface area contributed by atoms with Crippen molar-refractivity contribution in [2.24, 2.45) is 5.41 Å². The summed E-state index contributed by atoms with van der Waals surface area (Å²) in [6, 6.07) is 9.75. The molecule has 0 saturated carbocycles. The molecule has 0 bridgehead atoms. The Morgan fingerprint density at radius 1 is 1.20 bits per heavy atom. The van der Waals surface area contributed by atoms with Crippen molar-refractivity contribution >= 4 is 0 Å². The molecule has 1 saturated heterocycles. The highest BCUT2D eigenvalue weighted by molar-refractivity contribution is 5.35. The Kier molecular flexibility index (Phi) is 1.93. The maximum absolute atomic E-state index is 2.52. The van der Waals surface area contributed by atoms with Gasteiger partial charge in [-0.3, -0.25) is 0 Å². The minimum Gasteiger partial charge on any atom is -0.303 e. The maximum atomic E-state index is 2.52. The summed E-state index contributed by atoms with van der Waals surface area (Å²) >= 11 is 0. The third-order valence-electron chi connectivity index (χ3n) is 4.31. The van der Waals surface area contributed by atoms with E-state index in [-0.39, 0.29) is 0 Å². The van der Waals surface area contributed by atoms with E-state index in [0.717, 1.165) is 6.04 Å². The second-order valence-corrected chi connectivity index (χ2v) is 5.59. The summed E-state index contributed by atoms with van der Waals surface area (Å²) in [5, 5.41) is 0. The fourth-order valence-electron chi connectivity index (χ4n) is 3.56. The lowest BCUT2D eigenvalue weighted by atomic mass is 9.83. The van der Waals surface area contributed by atoms with Gasteiger partial charge in [-0.2, -0.15) is 0 Å². The molecule has 0 N–H and O–H groups in total. The van der Waals surface area contributed by atoms with Gasteiger partial charge in [-0.05, 0) is 49.8 Å². The molecule has 1 heterocycles. The molecule has 1 atom stereocenters. The maximum Gasteiger partial charge on any atom is 0.00701 e. The summed E-state index contributed by atoms with van der Waals surface area (Å²) in [5.41, 5.74) is 3.76. The second kappa shape index (κ2) is 3.08. The number of benzene rings is 1. The Labute approximate surface area is 92.1 Å². The van der Waals surface area contributed by atoms with E-state index in [9.17, 15) is 0 Å². The molecule has 0 radical (unpaired) electrons. The van der Waals surface area contributed by atoms with Gasteiger partial charge in [0.05, 0.1) is 0 Å². The van der Waals surface area contributed by atoms with E-state index in [1.165, 1.54) is 25.8 Å². The molecule has 1 spiro atoms. The van der Waals surface area contributed by atoms with Crippen molar-refractivity contribution in [1.82, 2.24) is 4.90 Å². The van der Waals surface area contributed by atoms with E-state index in [0.29, 0.717) is 5.41 Å². The third kappa shape index (κ3) is 1.41. The number of fused-ring (bicyclic) bond motifs is 1. The van der Waals surface area contributed by atoms with Gasteiger partial charge in [-0.25, -0.2) is 0 Å².